The number of carbonyl (C=O) groups is 11. The number of carbonyl (C=O) groups excluding carboxylic acids is 11. The van der Waals surface area contributed by atoms with E-state index < -0.39 is 76.9 Å². The lowest BCUT2D eigenvalue weighted by Crippen LogP contribution is -2.58. The number of morpholine rings is 1. The molecule has 8 rings (SSSR count). The van der Waals surface area contributed by atoms with Gasteiger partial charge in [0.15, 0.2) is 0 Å². The van der Waals surface area contributed by atoms with Crippen molar-refractivity contribution < 1.29 is 72.1 Å². The molecular formula is C74H130N14O15. The molecule has 0 aromatic rings. The number of hydrogen-bond donors (Lipinski definition) is 7. The summed E-state index contributed by atoms with van der Waals surface area (Å²) in [6.45, 7) is 45.1. The first kappa shape index (κ1) is 85.0. The molecule has 8 fully saturated rings. The molecule has 8 aliphatic rings. The van der Waals surface area contributed by atoms with Crippen molar-refractivity contribution in [1.82, 2.24) is 71.1 Å². The largest absolute Gasteiger partial charge is 0.442 e. The van der Waals surface area contributed by atoms with Crippen molar-refractivity contribution in [3.63, 3.8) is 0 Å². The average Bonchev–Trinajstić information content (AvgIpc) is 1.62. The van der Waals surface area contributed by atoms with E-state index in [4.69, 9.17) is 14.2 Å². The zero-order chi connectivity index (χ0) is 77.1. The Morgan fingerprint density at radius 3 is 0.990 bits per heavy atom. The van der Waals surface area contributed by atoms with Gasteiger partial charge in [0.2, 0.25) is 35.4 Å². The van der Waals surface area contributed by atoms with Crippen LogP contribution in [0.3, 0.4) is 0 Å². The number of aliphatic hydroxyl groups is 1. The predicted molar refractivity (Wildman–Crippen MR) is 390 cm³/mol. The van der Waals surface area contributed by atoms with E-state index in [-0.39, 0.29) is 133 Å². The van der Waals surface area contributed by atoms with Crippen LogP contribution in [-0.4, -0.2) is 280 Å². The van der Waals surface area contributed by atoms with Gasteiger partial charge < -0.3 is 90.4 Å². The molecule has 8 aliphatic heterocycles. The third-order valence-corrected chi connectivity index (χ3v) is 21.4. The molecule has 0 aromatic heterocycles. The van der Waals surface area contributed by atoms with Crippen LogP contribution in [0.4, 0.5) is 24.0 Å². The normalized spacial score (nSPS) is 25.7. The number of amides is 14. The zero-order valence-electron chi connectivity index (χ0n) is 66.0. The highest BCUT2D eigenvalue weighted by atomic mass is 16.6. The van der Waals surface area contributed by atoms with Gasteiger partial charge in [0.25, 0.3) is 0 Å². The standard InChI is InChI=1S/C27H47N5O5.C26H45N5O6.C21H38N4O4/c1-8-18(4)23(33)29-22(27(5,6)7)24(34)31-15-12-19-21(31)20(16-32(19)25(35)28-17(2)3)37-26(36)30-13-10-9-11-14-30;1-8-17(4)22(32)28-21(26(5,6)7)23(33)30-10-9-18-20(30)19(15-31(18)24(34)27-16(2)3)37-25(35)29-11-13-36-14-12-29;1-8-13(4)18(27)23-17(21(5,6)7)19(28)24-10-9-14-16(24)15(26)11-25(14)20(29)22-12(2)3/h17-22H,8-16H2,1-7H3,(H,28,35)(H,29,33);16-21H,8-15H2,1-7H3,(H,27,34)(H,28,32);12-17,26H,8-11H2,1-7H3,(H,22,29)(H,23,27)/t18-,19-,20+,21+,22-;17-,18-,19+,20+,21-;13-,14-,15+,16+,17-/m111/s1. The molecule has 0 saturated carbocycles. The fraction of sp³-hybridized carbons (Fsp3) is 0.851. The molecule has 0 radical (unpaired) electrons. The van der Waals surface area contributed by atoms with Crippen LogP contribution in [0.1, 0.15) is 203 Å². The van der Waals surface area contributed by atoms with Crippen molar-refractivity contribution in [2.75, 3.05) is 78.7 Å². The number of piperidine rings is 1. The monoisotopic (exact) mass is 1450 g/mol. The smallest absolute Gasteiger partial charge is 0.410 e. The van der Waals surface area contributed by atoms with E-state index in [0.717, 1.165) is 19.3 Å². The Morgan fingerprint density at radius 1 is 0.398 bits per heavy atom. The number of nitrogens with zero attached hydrogens (tertiary/aromatic N) is 8. The summed E-state index contributed by atoms with van der Waals surface area (Å²) in [4.78, 5) is 158. The highest BCUT2D eigenvalue weighted by Crippen LogP contribution is 2.40. The summed E-state index contributed by atoms with van der Waals surface area (Å²) < 4.78 is 17.3. The van der Waals surface area contributed by atoms with Gasteiger partial charge in [-0.1, -0.05) is 104 Å². The molecule has 7 N–H and O–H groups in total. The summed E-state index contributed by atoms with van der Waals surface area (Å²) in [5, 5.41) is 28.3. The van der Waals surface area contributed by atoms with E-state index in [1.54, 1.807) is 39.2 Å². The van der Waals surface area contributed by atoms with Crippen LogP contribution in [-0.2, 0) is 43.0 Å². The zero-order valence-corrected chi connectivity index (χ0v) is 66.0. The summed E-state index contributed by atoms with van der Waals surface area (Å²) in [7, 11) is 0. The van der Waals surface area contributed by atoms with Gasteiger partial charge in [0.05, 0.1) is 75.2 Å². The van der Waals surface area contributed by atoms with E-state index in [1.165, 1.54) is 0 Å². The second kappa shape index (κ2) is 36.4. The molecule has 103 heavy (non-hydrogen) atoms. The Kier molecular flexibility index (Phi) is 30.0. The number of nitrogens with one attached hydrogen (secondary N) is 6. The first-order valence-corrected chi connectivity index (χ1v) is 38.3. The molecule has 586 valence electrons. The minimum atomic E-state index is -0.796. The second-order valence-electron chi connectivity index (χ2n) is 33.8. The van der Waals surface area contributed by atoms with E-state index in [9.17, 15) is 57.8 Å². The Hall–Kier alpha value is -6.91. The molecule has 29 nitrogen and oxygen atoms in total. The second-order valence-corrected chi connectivity index (χ2v) is 33.8. The number of urea groups is 3. The van der Waals surface area contributed by atoms with E-state index in [0.29, 0.717) is 97.6 Å². The molecule has 29 heteroatoms. The molecule has 14 amide bonds. The number of likely N-dealkylation sites (tertiary alicyclic amines) is 7. The number of fused-ring (bicyclic) bond motifs is 3. The van der Waals surface area contributed by atoms with Crippen LogP contribution in [0.25, 0.3) is 0 Å². The van der Waals surface area contributed by atoms with Gasteiger partial charge in [-0.25, -0.2) is 24.0 Å². The van der Waals surface area contributed by atoms with Crippen LogP contribution in [0.2, 0.25) is 0 Å². The maximum atomic E-state index is 14.0. The van der Waals surface area contributed by atoms with Gasteiger partial charge >= 0.3 is 30.3 Å². The molecular weight excluding hydrogens is 1320 g/mol. The maximum Gasteiger partial charge on any atom is 0.410 e. The molecule has 0 unspecified atom stereocenters. The van der Waals surface area contributed by atoms with Crippen LogP contribution in [0.15, 0.2) is 0 Å². The lowest BCUT2D eigenvalue weighted by atomic mass is 9.85. The van der Waals surface area contributed by atoms with Gasteiger partial charge in [-0.05, 0) is 116 Å². The summed E-state index contributed by atoms with van der Waals surface area (Å²) in [5.74, 6) is -1.64. The van der Waals surface area contributed by atoms with Crippen molar-refractivity contribution in [3.05, 3.63) is 0 Å². The molecule has 0 bridgehead atoms. The van der Waals surface area contributed by atoms with Crippen molar-refractivity contribution >= 4 is 65.7 Å². The maximum absolute atomic E-state index is 14.0. The highest BCUT2D eigenvalue weighted by molar-refractivity contribution is 5.92. The molecule has 0 spiro atoms. The number of hydrogen-bond acceptors (Lipinski definition) is 15. The third kappa shape index (κ3) is 21.4. The molecule has 8 saturated heterocycles. The Morgan fingerprint density at radius 2 is 0.689 bits per heavy atom. The minimum Gasteiger partial charge on any atom is -0.442 e. The summed E-state index contributed by atoms with van der Waals surface area (Å²) in [6, 6.07) is -5.05. The van der Waals surface area contributed by atoms with Crippen LogP contribution >= 0.6 is 0 Å². The molecule has 8 heterocycles. The lowest BCUT2D eigenvalue weighted by molar-refractivity contribution is -0.142. The fourth-order valence-corrected chi connectivity index (χ4v) is 14.9. The number of ether oxygens (including phenoxy) is 3. The SMILES string of the molecule is CC[C@@H](C)C(=O)N[C@H](C(=O)N1CC[C@@H]2[C@H]1[C@@H](O)CN2C(=O)NC(C)C)C(C)(C)C.CC[C@@H](C)C(=O)N[C@H](C(=O)N1CC[C@@H]2[C@H]1[C@@H](OC(=O)N1CCCCC1)CN2C(=O)NC(C)C)C(C)(C)C.CC[C@@H](C)C(=O)N[C@H](C(=O)N1CC[C@@H]2[C@H]1[C@@H](OC(=O)N1CCOCC1)CN2C(=O)NC(C)C)C(C)(C)C. The summed E-state index contributed by atoms with van der Waals surface area (Å²) in [6.07, 6.45) is 3.88. The van der Waals surface area contributed by atoms with Crippen molar-refractivity contribution in [1.29, 1.82) is 0 Å². The number of rotatable bonds is 17. The van der Waals surface area contributed by atoms with Gasteiger partial charge in [0, 0.05) is 81.7 Å². The Balaban J connectivity index is 0.000000245. The molecule has 15 atom stereocenters. The highest BCUT2D eigenvalue weighted by Gasteiger charge is 2.58. The topological polar surface area (TPSA) is 334 Å². The number of β-amino-alcohol motifs (C(OH)–C–C–N with tert-alkyl or cyclic N) is 1. The summed E-state index contributed by atoms with van der Waals surface area (Å²) in [5.41, 5.74) is -1.53. The minimum absolute atomic E-state index is 0.00105. The Labute approximate surface area is 613 Å². The van der Waals surface area contributed by atoms with Crippen molar-refractivity contribution in [2.45, 2.75) is 294 Å². The quantitative estimate of drug-likeness (QED) is 0.0867. The van der Waals surface area contributed by atoms with Crippen molar-refractivity contribution in [3.8, 4) is 0 Å². The van der Waals surface area contributed by atoms with E-state index in [2.05, 4.69) is 31.9 Å². The number of aliphatic hydroxyl groups excluding tert-OH is 1. The van der Waals surface area contributed by atoms with Gasteiger partial charge in [-0.15, -0.1) is 0 Å². The van der Waals surface area contributed by atoms with Gasteiger partial charge in [-0.2, -0.15) is 0 Å². The van der Waals surface area contributed by atoms with E-state index >= 15 is 0 Å². The van der Waals surface area contributed by atoms with Crippen LogP contribution in [0, 0.1) is 34.0 Å². The lowest BCUT2D eigenvalue weighted by Gasteiger charge is -2.37. The third-order valence-electron chi connectivity index (χ3n) is 21.4. The fourth-order valence-electron chi connectivity index (χ4n) is 14.9. The Bertz CT molecular complexity index is 2800. The van der Waals surface area contributed by atoms with Crippen LogP contribution in [0.5, 0.6) is 0 Å². The first-order chi connectivity index (χ1) is 48.1. The molecule has 0 aliphatic carbocycles. The average molecular weight is 1460 g/mol. The van der Waals surface area contributed by atoms with Crippen molar-refractivity contribution in [2.24, 2.45) is 34.0 Å². The first-order valence-electron chi connectivity index (χ1n) is 38.3. The predicted octanol–water partition coefficient (Wildman–Crippen LogP) is 6.09. The summed E-state index contributed by atoms with van der Waals surface area (Å²) >= 11 is 0. The van der Waals surface area contributed by atoms with Gasteiger partial charge in [-0.3, -0.25) is 28.8 Å². The van der Waals surface area contributed by atoms with Gasteiger partial charge in [0.1, 0.15) is 30.3 Å². The van der Waals surface area contributed by atoms with E-state index in [1.807, 2.05) is 145 Å². The molecule has 0 aromatic carbocycles. The van der Waals surface area contributed by atoms with Crippen LogP contribution < -0.4 is 31.9 Å².